The average Bonchev–Trinajstić information content (AvgIpc) is 2.52. The van der Waals surface area contributed by atoms with E-state index in [4.69, 9.17) is 18.9 Å². The monoisotopic (exact) mass is 298 g/mol. The van der Waals surface area contributed by atoms with Crippen LogP contribution in [0.1, 0.15) is 13.8 Å². The summed E-state index contributed by atoms with van der Waals surface area (Å²) in [6, 6.07) is 10.5. The Bertz CT molecular complexity index is 645. The third-order valence-corrected chi connectivity index (χ3v) is 3.57. The van der Waals surface area contributed by atoms with Crippen molar-refractivity contribution in [1.29, 1.82) is 0 Å². The van der Waals surface area contributed by atoms with Gasteiger partial charge in [0, 0.05) is 34.4 Å². The molecular formula is C18H18O4. The second-order valence-electron chi connectivity index (χ2n) is 4.78. The Kier molecular flexibility index (Phi) is 3.84. The fraction of sp³-hybridized carbons (Fsp3) is 0.333. The number of hydrogen-bond donors (Lipinski definition) is 0. The first-order valence-corrected chi connectivity index (χ1v) is 7.28. The molecule has 4 aliphatic carbocycles. The summed E-state index contributed by atoms with van der Waals surface area (Å²) >= 11 is 0. The zero-order chi connectivity index (χ0) is 15.7. The fourth-order valence-electron chi connectivity index (χ4n) is 2.64. The molecule has 0 saturated heterocycles. The van der Waals surface area contributed by atoms with E-state index in [1.807, 2.05) is 26.0 Å². The number of rotatable bonds is 6. The molecule has 0 amide bonds. The second-order valence-corrected chi connectivity index (χ2v) is 4.78. The van der Waals surface area contributed by atoms with Gasteiger partial charge in [0.25, 0.3) is 0 Å². The zero-order valence-corrected chi connectivity index (χ0v) is 13.2. The highest BCUT2D eigenvalue weighted by Gasteiger charge is 2.26. The van der Waals surface area contributed by atoms with Crippen molar-refractivity contribution in [3.05, 3.63) is 24.3 Å². The highest BCUT2D eigenvalue weighted by molar-refractivity contribution is 5.91. The van der Waals surface area contributed by atoms with Gasteiger partial charge in [-0.15, -0.1) is 0 Å². The van der Waals surface area contributed by atoms with Crippen LogP contribution in [0, 0.1) is 12.1 Å². The van der Waals surface area contributed by atoms with Gasteiger partial charge in [0.05, 0.1) is 27.4 Å². The van der Waals surface area contributed by atoms with Crippen LogP contribution in [0.2, 0.25) is 0 Å². The molecule has 0 fully saturated rings. The molecule has 4 heteroatoms. The molecule has 0 unspecified atom stereocenters. The lowest BCUT2D eigenvalue weighted by Gasteiger charge is -2.23. The molecule has 22 heavy (non-hydrogen) atoms. The SMILES string of the molecule is CCOc1[c]c2c(OCC)[c]c1-c1cc(OC)c-2cc1OC. The first-order valence-electron chi connectivity index (χ1n) is 7.28. The van der Waals surface area contributed by atoms with Crippen molar-refractivity contribution >= 4 is 0 Å². The Morgan fingerprint density at radius 3 is 1.50 bits per heavy atom. The van der Waals surface area contributed by atoms with E-state index in [0.717, 1.165) is 33.8 Å². The van der Waals surface area contributed by atoms with Crippen molar-refractivity contribution in [1.82, 2.24) is 0 Å². The molecule has 0 spiro atoms. The molecule has 2 aromatic rings. The number of ether oxygens (including phenoxy) is 4. The van der Waals surface area contributed by atoms with E-state index in [9.17, 15) is 0 Å². The molecule has 0 aliphatic heterocycles. The molecule has 2 radical (unpaired) electrons. The topological polar surface area (TPSA) is 36.9 Å². The summed E-state index contributed by atoms with van der Waals surface area (Å²) in [5, 5.41) is 0. The van der Waals surface area contributed by atoms with E-state index < -0.39 is 0 Å². The van der Waals surface area contributed by atoms with Gasteiger partial charge >= 0.3 is 0 Å². The molecule has 4 aliphatic rings. The zero-order valence-electron chi connectivity index (χ0n) is 13.2. The van der Waals surface area contributed by atoms with Gasteiger partial charge in [-0.3, -0.25) is 0 Å². The van der Waals surface area contributed by atoms with Gasteiger partial charge in [-0.25, -0.2) is 0 Å². The first-order chi connectivity index (χ1) is 10.7. The summed E-state index contributed by atoms with van der Waals surface area (Å²) in [6.45, 7) is 5.00. The van der Waals surface area contributed by atoms with E-state index in [1.54, 1.807) is 14.2 Å². The minimum absolute atomic E-state index is 0.556. The fourth-order valence-corrected chi connectivity index (χ4v) is 2.64. The molecule has 114 valence electrons. The van der Waals surface area contributed by atoms with E-state index in [2.05, 4.69) is 12.1 Å². The lowest BCUT2D eigenvalue weighted by Crippen LogP contribution is -2.04. The molecule has 0 heterocycles. The number of methoxy groups -OCH3 is 2. The van der Waals surface area contributed by atoms with Crippen molar-refractivity contribution < 1.29 is 18.9 Å². The largest absolute Gasteiger partial charge is 0.496 e. The predicted molar refractivity (Wildman–Crippen MR) is 84.0 cm³/mol. The van der Waals surface area contributed by atoms with Gasteiger partial charge in [-0.2, -0.15) is 0 Å². The van der Waals surface area contributed by atoms with Crippen LogP contribution in [-0.4, -0.2) is 27.4 Å². The Morgan fingerprint density at radius 2 is 1.18 bits per heavy atom. The summed E-state index contributed by atoms with van der Waals surface area (Å²) in [7, 11) is 3.30. The maximum Gasteiger partial charge on any atom is 0.136 e. The molecule has 0 aromatic heterocycles. The van der Waals surface area contributed by atoms with Gasteiger partial charge < -0.3 is 18.9 Å². The predicted octanol–water partition coefficient (Wildman–Crippen LogP) is 3.75. The Balaban J connectivity index is 2.33. The normalized spacial score (nSPS) is 11.1. The van der Waals surface area contributed by atoms with Crippen LogP contribution in [0.3, 0.4) is 0 Å². The maximum atomic E-state index is 5.72. The minimum atomic E-state index is 0.556. The van der Waals surface area contributed by atoms with Crippen LogP contribution in [-0.2, 0) is 0 Å². The molecule has 4 bridgehead atoms. The second kappa shape index (κ2) is 5.79. The number of hydrogen-bond acceptors (Lipinski definition) is 4. The van der Waals surface area contributed by atoms with Gasteiger partial charge in [0.2, 0.25) is 0 Å². The third kappa shape index (κ3) is 2.15. The van der Waals surface area contributed by atoms with Gasteiger partial charge in [-0.05, 0) is 26.0 Å². The van der Waals surface area contributed by atoms with E-state index >= 15 is 0 Å². The van der Waals surface area contributed by atoms with Gasteiger partial charge in [-0.1, -0.05) is 0 Å². The molecule has 0 N–H and O–H groups in total. The lowest BCUT2D eigenvalue weighted by molar-refractivity contribution is 0.330. The van der Waals surface area contributed by atoms with Crippen LogP contribution in [0.5, 0.6) is 23.0 Å². The summed E-state index contributed by atoms with van der Waals surface area (Å²) in [6.07, 6.45) is 0. The van der Waals surface area contributed by atoms with Gasteiger partial charge in [0.1, 0.15) is 23.0 Å². The summed E-state index contributed by atoms with van der Waals surface area (Å²) in [4.78, 5) is 0. The van der Waals surface area contributed by atoms with Gasteiger partial charge in [0.15, 0.2) is 0 Å². The van der Waals surface area contributed by atoms with Crippen LogP contribution in [0.15, 0.2) is 12.1 Å². The molecule has 4 nitrogen and oxygen atoms in total. The molecule has 0 saturated carbocycles. The van der Waals surface area contributed by atoms with Crippen LogP contribution in [0.4, 0.5) is 0 Å². The van der Waals surface area contributed by atoms with Crippen LogP contribution >= 0.6 is 0 Å². The lowest BCUT2D eigenvalue weighted by atomic mass is 9.90. The first kappa shape index (κ1) is 14.6. The van der Waals surface area contributed by atoms with Crippen molar-refractivity contribution in [3.63, 3.8) is 0 Å². The van der Waals surface area contributed by atoms with E-state index in [0.29, 0.717) is 24.7 Å². The Labute approximate surface area is 130 Å². The Hall–Kier alpha value is -2.36. The average molecular weight is 298 g/mol. The van der Waals surface area contributed by atoms with Crippen molar-refractivity contribution in [2.45, 2.75) is 13.8 Å². The van der Waals surface area contributed by atoms with Crippen molar-refractivity contribution in [2.75, 3.05) is 27.4 Å². The highest BCUT2D eigenvalue weighted by atomic mass is 16.5. The molecule has 2 aromatic carbocycles. The summed E-state index contributed by atoms with van der Waals surface area (Å²) in [5.41, 5.74) is 3.26. The number of benzene rings is 2. The molecule has 6 rings (SSSR count). The van der Waals surface area contributed by atoms with Crippen LogP contribution in [0.25, 0.3) is 22.3 Å². The van der Waals surface area contributed by atoms with E-state index in [-0.39, 0.29) is 0 Å². The standard InChI is InChI=1S/C18H18O4/c1-5-21-17-9-14-12-8-15(19-3)11(7-16(12)20-4)13(17)10-18(14)22-6-2/h7-8H,5-6H2,1-4H3. The van der Waals surface area contributed by atoms with Crippen LogP contribution < -0.4 is 18.9 Å². The Morgan fingerprint density at radius 1 is 0.773 bits per heavy atom. The summed E-state index contributed by atoms with van der Waals surface area (Å²) in [5.74, 6) is 2.82. The van der Waals surface area contributed by atoms with Crippen molar-refractivity contribution in [2.24, 2.45) is 0 Å². The van der Waals surface area contributed by atoms with E-state index in [1.165, 1.54) is 0 Å². The third-order valence-electron chi connectivity index (χ3n) is 3.57. The quantitative estimate of drug-likeness (QED) is 0.694. The van der Waals surface area contributed by atoms with Crippen molar-refractivity contribution in [3.8, 4) is 45.3 Å². The summed E-state index contributed by atoms with van der Waals surface area (Å²) < 4.78 is 22.5. The minimum Gasteiger partial charge on any atom is -0.496 e. The maximum absolute atomic E-state index is 5.72. The molecular weight excluding hydrogens is 280 g/mol. The smallest absolute Gasteiger partial charge is 0.136 e. The highest BCUT2D eigenvalue weighted by Crippen LogP contribution is 2.51. The molecule has 0 atom stereocenters.